The van der Waals surface area contributed by atoms with Crippen LogP contribution in [0.25, 0.3) is 17.0 Å². The fourth-order valence-electron chi connectivity index (χ4n) is 3.47. The number of nitrogens with one attached hydrogen (secondary N) is 1. The zero-order valence-corrected chi connectivity index (χ0v) is 16.5. The third-order valence-corrected chi connectivity index (χ3v) is 5.31. The van der Waals surface area contributed by atoms with Crippen LogP contribution in [0.1, 0.15) is 19.4 Å². The Morgan fingerprint density at radius 3 is 2.86 bits per heavy atom. The van der Waals surface area contributed by atoms with Gasteiger partial charge in [0.2, 0.25) is 5.95 Å². The van der Waals surface area contributed by atoms with Gasteiger partial charge in [-0.15, -0.1) is 0 Å². The SMILES string of the molecule is CC1(C)COc2cc(Nc3nc(-c4c(F)cccc4Cl)nc4ccnn34)ccc21. The highest BCUT2D eigenvalue weighted by Gasteiger charge is 2.31. The minimum atomic E-state index is -0.486. The summed E-state index contributed by atoms with van der Waals surface area (Å²) in [5.74, 6) is 0.928. The van der Waals surface area contributed by atoms with E-state index in [-0.39, 0.29) is 21.8 Å². The zero-order chi connectivity index (χ0) is 20.2. The molecule has 5 rings (SSSR count). The Labute approximate surface area is 171 Å². The van der Waals surface area contributed by atoms with Crippen LogP contribution in [0.3, 0.4) is 0 Å². The van der Waals surface area contributed by atoms with Crippen molar-refractivity contribution in [2.75, 3.05) is 11.9 Å². The number of aromatic nitrogens is 4. The Balaban J connectivity index is 1.60. The van der Waals surface area contributed by atoms with E-state index in [4.69, 9.17) is 16.3 Å². The summed E-state index contributed by atoms with van der Waals surface area (Å²) in [6.45, 7) is 4.93. The number of hydrogen-bond donors (Lipinski definition) is 1. The van der Waals surface area contributed by atoms with Crippen LogP contribution in [0, 0.1) is 5.82 Å². The number of halogens is 2. The smallest absolute Gasteiger partial charge is 0.232 e. The maximum Gasteiger partial charge on any atom is 0.232 e. The quantitative estimate of drug-likeness (QED) is 0.516. The van der Waals surface area contributed by atoms with E-state index in [9.17, 15) is 4.39 Å². The van der Waals surface area contributed by atoms with E-state index in [1.807, 2.05) is 18.2 Å². The van der Waals surface area contributed by atoms with Gasteiger partial charge in [-0.1, -0.05) is 37.6 Å². The zero-order valence-electron chi connectivity index (χ0n) is 15.8. The van der Waals surface area contributed by atoms with Crippen LogP contribution in [-0.2, 0) is 5.41 Å². The molecule has 0 amide bonds. The largest absolute Gasteiger partial charge is 0.492 e. The van der Waals surface area contributed by atoms with Gasteiger partial charge < -0.3 is 10.1 Å². The third kappa shape index (κ3) is 2.98. The van der Waals surface area contributed by atoms with Crippen molar-refractivity contribution in [1.82, 2.24) is 19.6 Å². The Kier molecular flexibility index (Phi) is 3.96. The molecule has 0 saturated carbocycles. The van der Waals surface area contributed by atoms with Crippen molar-refractivity contribution in [3.8, 4) is 17.1 Å². The number of anilines is 2. The van der Waals surface area contributed by atoms with Gasteiger partial charge in [0.05, 0.1) is 23.4 Å². The van der Waals surface area contributed by atoms with Crippen molar-refractivity contribution < 1.29 is 9.13 Å². The lowest BCUT2D eigenvalue weighted by atomic mass is 9.87. The first-order valence-electron chi connectivity index (χ1n) is 9.13. The summed E-state index contributed by atoms with van der Waals surface area (Å²) in [5, 5.41) is 7.75. The number of rotatable bonds is 3. The molecule has 1 N–H and O–H groups in total. The van der Waals surface area contributed by atoms with Gasteiger partial charge >= 0.3 is 0 Å². The van der Waals surface area contributed by atoms with Gasteiger partial charge in [-0.2, -0.15) is 14.6 Å². The molecule has 2 aromatic carbocycles. The minimum absolute atomic E-state index is 0.0210. The van der Waals surface area contributed by atoms with E-state index >= 15 is 0 Å². The lowest BCUT2D eigenvalue weighted by Crippen LogP contribution is -2.18. The second-order valence-corrected chi connectivity index (χ2v) is 7.98. The van der Waals surface area contributed by atoms with Crippen molar-refractivity contribution >= 4 is 28.9 Å². The van der Waals surface area contributed by atoms with Gasteiger partial charge in [-0.25, -0.2) is 9.37 Å². The fraction of sp³-hybridized carbons (Fsp3) is 0.190. The predicted octanol–water partition coefficient (Wildman–Crippen LogP) is 5.00. The molecule has 29 heavy (non-hydrogen) atoms. The first kappa shape index (κ1) is 17.9. The Morgan fingerprint density at radius 2 is 2.03 bits per heavy atom. The van der Waals surface area contributed by atoms with Gasteiger partial charge in [0.15, 0.2) is 11.5 Å². The third-order valence-electron chi connectivity index (χ3n) is 5.00. The molecule has 0 atom stereocenters. The van der Waals surface area contributed by atoms with E-state index in [1.54, 1.807) is 28.9 Å². The van der Waals surface area contributed by atoms with E-state index in [0.29, 0.717) is 18.2 Å². The topological polar surface area (TPSA) is 64.3 Å². The van der Waals surface area contributed by atoms with Crippen LogP contribution in [0.5, 0.6) is 5.75 Å². The number of benzene rings is 2. The highest BCUT2D eigenvalue weighted by atomic mass is 35.5. The minimum Gasteiger partial charge on any atom is -0.492 e. The maximum atomic E-state index is 14.4. The lowest BCUT2D eigenvalue weighted by molar-refractivity contribution is 0.291. The molecule has 0 bridgehead atoms. The van der Waals surface area contributed by atoms with Gasteiger partial charge in [0.1, 0.15) is 11.6 Å². The monoisotopic (exact) mass is 409 g/mol. The average molecular weight is 410 g/mol. The number of fused-ring (bicyclic) bond motifs is 2. The average Bonchev–Trinajstić information content (AvgIpc) is 3.26. The highest BCUT2D eigenvalue weighted by Crippen LogP contribution is 2.40. The molecule has 1 aliphatic heterocycles. The first-order valence-corrected chi connectivity index (χ1v) is 9.51. The molecule has 2 aromatic heterocycles. The van der Waals surface area contributed by atoms with Crippen molar-refractivity contribution in [2.45, 2.75) is 19.3 Å². The second kappa shape index (κ2) is 6.42. The van der Waals surface area contributed by atoms with Crippen LogP contribution in [0.2, 0.25) is 5.02 Å². The van der Waals surface area contributed by atoms with Gasteiger partial charge in [0, 0.05) is 28.8 Å². The lowest BCUT2D eigenvalue weighted by Gasteiger charge is -2.15. The molecule has 0 unspecified atom stereocenters. The summed E-state index contributed by atoms with van der Waals surface area (Å²) in [5.41, 5.74) is 2.60. The molecule has 0 saturated heterocycles. The Morgan fingerprint density at radius 1 is 1.17 bits per heavy atom. The summed E-state index contributed by atoms with van der Waals surface area (Å²) in [7, 11) is 0. The normalized spacial score (nSPS) is 14.6. The van der Waals surface area contributed by atoms with E-state index < -0.39 is 5.82 Å². The molecule has 3 heterocycles. The molecule has 4 aromatic rings. The standard InChI is InChI=1S/C21H17ClFN5O/c1-21(2)11-29-16-10-12(6-7-13(16)21)25-20-27-19(26-17-8-9-24-28(17)20)18-14(22)4-3-5-15(18)23/h3-10H,11H2,1-2H3,(H,25,26,27). The van der Waals surface area contributed by atoms with Crippen LogP contribution in [-0.4, -0.2) is 26.2 Å². The molecule has 0 fully saturated rings. The van der Waals surface area contributed by atoms with Crippen molar-refractivity contribution in [3.63, 3.8) is 0 Å². The van der Waals surface area contributed by atoms with E-state index in [2.05, 4.69) is 34.2 Å². The summed E-state index contributed by atoms with van der Waals surface area (Å²) in [4.78, 5) is 8.90. The maximum absolute atomic E-state index is 14.4. The first-order chi connectivity index (χ1) is 13.9. The van der Waals surface area contributed by atoms with Gasteiger partial charge in [0.25, 0.3) is 0 Å². The van der Waals surface area contributed by atoms with Crippen molar-refractivity contribution in [1.29, 1.82) is 0 Å². The summed E-state index contributed by atoms with van der Waals surface area (Å²) in [6, 6.07) is 12.1. The molecule has 6 nitrogen and oxygen atoms in total. The van der Waals surface area contributed by atoms with Crippen molar-refractivity contribution in [2.24, 2.45) is 0 Å². The number of hydrogen-bond acceptors (Lipinski definition) is 5. The second-order valence-electron chi connectivity index (χ2n) is 7.58. The van der Waals surface area contributed by atoms with Crippen molar-refractivity contribution in [3.05, 3.63) is 65.1 Å². The molecule has 1 aliphatic rings. The number of ether oxygens (including phenoxy) is 1. The molecular weight excluding hydrogens is 393 g/mol. The van der Waals surface area contributed by atoms with Gasteiger partial charge in [-0.3, -0.25) is 0 Å². The highest BCUT2D eigenvalue weighted by molar-refractivity contribution is 6.33. The van der Waals surface area contributed by atoms with Crippen LogP contribution in [0.15, 0.2) is 48.7 Å². The Bertz CT molecular complexity index is 1230. The van der Waals surface area contributed by atoms with E-state index in [0.717, 1.165) is 17.0 Å². The predicted molar refractivity (Wildman–Crippen MR) is 109 cm³/mol. The molecule has 8 heteroatoms. The Hall–Kier alpha value is -3.19. The molecule has 0 radical (unpaired) electrons. The van der Waals surface area contributed by atoms with Crippen LogP contribution < -0.4 is 10.1 Å². The van der Waals surface area contributed by atoms with Gasteiger partial charge in [-0.05, 0) is 18.2 Å². The van der Waals surface area contributed by atoms with Crippen LogP contribution in [0.4, 0.5) is 16.0 Å². The molecular formula is C21H17ClFN5O. The summed E-state index contributed by atoms with van der Waals surface area (Å²) >= 11 is 6.21. The van der Waals surface area contributed by atoms with E-state index in [1.165, 1.54) is 6.07 Å². The fourth-order valence-corrected chi connectivity index (χ4v) is 3.72. The molecule has 0 spiro atoms. The van der Waals surface area contributed by atoms with Crippen LogP contribution >= 0.6 is 11.6 Å². The number of nitrogens with zero attached hydrogens (tertiary/aromatic N) is 4. The molecule has 0 aliphatic carbocycles. The summed E-state index contributed by atoms with van der Waals surface area (Å²) in [6.07, 6.45) is 1.61. The summed E-state index contributed by atoms with van der Waals surface area (Å²) < 4.78 is 21.8. The molecule has 146 valence electrons.